The lowest BCUT2D eigenvalue weighted by Gasteiger charge is -2.31. The highest BCUT2D eigenvalue weighted by atomic mass is 14.5. The highest BCUT2D eigenvalue weighted by Crippen LogP contribution is 2.54. The predicted octanol–water partition coefficient (Wildman–Crippen LogP) is 5.18. The zero-order chi connectivity index (χ0) is 14.9. The van der Waals surface area contributed by atoms with Crippen LogP contribution < -0.4 is 0 Å². The molecule has 1 fully saturated rings. The SMILES string of the molecule is N#CC1=C(c2ccccc2)C2CCC(C2)C1c1ccccc1. The van der Waals surface area contributed by atoms with Crippen LogP contribution in [0.4, 0.5) is 0 Å². The smallest absolute Gasteiger partial charge is 0.0956 e. The maximum atomic E-state index is 9.91. The van der Waals surface area contributed by atoms with Gasteiger partial charge < -0.3 is 0 Å². The summed E-state index contributed by atoms with van der Waals surface area (Å²) in [5.41, 5.74) is 4.87. The van der Waals surface area contributed by atoms with Gasteiger partial charge in [-0.25, -0.2) is 0 Å². The molecule has 2 aromatic carbocycles. The predicted molar refractivity (Wildman–Crippen MR) is 89.0 cm³/mol. The summed E-state index contributed by atoms with van der Waals surface area (Å²) in [5.74, 6) is 1.48. The van der Waals surface area contributed by atoms with Crippen molar-refractivity contribution in [2.75, 3.05) is 0 Å². The minimum absolute atomic E-state index is 0.278. The fourth-order valence-electron chi connectivity index (χ4n) is 4.44. The Labute approximate surface area is 131 Å². The molecule has 1 heteroatoms. The van der Waals surface area contributed by atoms with E-state index in [0.717, 1.165) is 5.57 Å². The third-order valence-corrected chi connectivity index (χ3v) is 5.32. The average Bonchev–Trinajstić information content (AvgIpc) is 3.00. The van der Waals surface area contributed by atoms with Crippen molar-refractivity contribution in [2.24, 2.45) is 11.8 Å². The minimum Gasteiger partial charge on any atom is -0.193 e. The van der Waals surface area contributed by atoms with E-state index in [9.17, 15) is 5.26 Å². The largest absolute Gasteiger partial charge is 0.193 e. The molecule has 0 N–H and O–H groups in total. The fourth-order valence-corrected chi connectivity index (χ4v) is 4.44. The lowest BCUT2D eigenvalue weighted by atomic mass is 9.71. The molecule has 0 radical (unpaired) electrons. The van der Waals surface area contributed by atoms with Crippen molar-refractivity contribution in [3.8, 4) is 6.07 Å². The summed E-state index contributed by atoms with van der Waals surface area (Å²) < 4.78 is 0. The Morgan fingerprint density at radius 2 is 1.55 bits per heavy atom. The number of nitrogens with zero attached hydrogens (tertiary/aromatic N) is 1. The van der Waals surface area contributed by atoms with Crippen LogP contribution in [0, 0.1) is 23.2 Å². The molecule has 108 valence electrons. The van der Waals surface area contributed by atoms with Gasteiger partial charge in [-0.2, -0.15) is 5.26 Å². The summed E-state index contributed by atoms with van der Waals surface area (Å²) >= 11 is 0. The fraction of sp³-hybridized carbons (Fsp3) is 0.286. The van der Waals surface area contributed by atoms with E-state index in [2.05, 4.69) is 60.7 Å². The van der Waals surface area contributed by atoms with E-state index >= 15 is 0 Å². The van der Waals surface area contributed by atoms with E-state index in [4.69, 9.17) is 0 Å². The minimum atomic E-state index is 0.278. The molecular weight excluding hydrogens is 266 g/mol. The van der Waals surface area contributed by atoms with Crippen LogP contribution in [0.15, 0.2) is 66.2 Å². The van der Waals surface area contributed by atoms with Crippen molar-refractivity contribution in [3.63, 3.8) is 0 Å². The molecular formula is C21H19N. The van der Waals surface area contributed by atoms with Crippen molar-refractivity contribution >= 4 is 5.57 Å². The third kappa shape index (κ3) is 2.07. The van der Waals surface area contributed by atoms with Crippen molar-refractivity contribution in [1.29, 1.82) is 5.26 Å². The van der Waals surface area contributed by atoms with E-state index in [-0.39, 0.29) is 5.92 Å². The molecule has 22 heavy (non-hydrogen) atoms. The van der Waals surface area contributed by atoms with Crippen LogP contribution in [0.3, 0.4) is 0 Å². The normalized spacial score (nSPS) is 26.8. The third-order valence-electron chi connectivity index (χ3n) is 5.32. The molecule has 0 aromatic heterocycles. The molecule has 2 bridgehead atoms. The molecule has 2 aliphatic rings. The summed E-state index contributed by atoms with van der Waals surface area (Å²) in [6.45, 7) is 0. The first-order valence-corrected chi connectivity index (χ1v) is 8.13. The summed E-state index contributed by atoms with van der Waals surface area (Å²) in [6, 6.07) is 23.7. The first-order valence-electron chi connectivity index (χ1n) is 8.13. The summed E-state index contributed by atoms with van der Waals surface area (Å²) in [6.07, 6.45) is 3.70. The molecule has 1 saturated carbocycles. The lowest BCUT2D eigenvalue weighted by Crippen LogP contribution is -2.19. The second-order valence-corrected chi connectivity index (χ2v) is 6.46. The van der Waals surface area contributed by atoms with Crippen LogP contribution in [0.1, 0.15) is 36.3 Å². The van der Waals surface area contributed by atoms with Crippen LogP contribution in [0.25, 0.3) is 5.57 Å². The van der Waals surface area contributed by atoms with Crippen molar-refractivity contribution in [3.05, 3.63) is 77.4 Å². The first kappa shape index (κ1) is 13.3. The standard InChI is InChI=1S/C21H19N/c22-14-19-20(15-7-3-1-4-8-15)17-11-12-18(13-17)21(19)16-9-5-2-6-10-16/h1-10,17-18,20H,11-13H2. The maximum absolute atomic E-state index is 9.91. The second-order valence-electron chi connectivity index (χ2n) is 6.46. The van der Waals surface area contributed by atoms with E-state index < -0.39 is 0 Å². The Bertz CT molecular complexity index is 736. The number of nitriles is 1. The Hall–Kier alpha value is -2.33. The van der Waals surface area contributed by atoms with Crippen LogP contribution in [0.2, 0.25) is 0 Å². The molecule has 1 nitrogen and oxygen atoms in total. The van der Waals surface area contributed by atoms with Crippen LogP contribution in [-0.4, -0.2) is 0 Å². The first-order chi connectivity index (χ1) is 10.9. The molecule has 3 atom stereocenters. The summed E-state index contributed by atoms with van der Waals surface area (Å²) in [4.78, 5) is 0. The van der Waals surface area contributed by atoms with Gasteiger partial charge >= 0.3 is 0 Å². The number of hydrogen-bond donors (Lipinski definition) is 0. The molecule has 0 heterocycles. The zero-order valence-corrected chi connectivity index (χ0v) is 12.6. The van der Waals surface area contributed by atoms with E-state index in [1.807, 2.05) is 6.07 Å². The highest BCUT2D eigenvalue weighted by molar-refractivity contribution is 5.76. The van der Waals surface area contributed by atoms with Gasteiger partial charge in [0.05, 0.1) is 6.07 Å². The van der Waals surface area contributed by atoms with Crippen LogP contribution in [0.5, 0.6) is 0 Å². The number of rotatable bonds is 2. The van der Waals surface area contributed by atoms with Gasteiger partial charge in [-0.15, -0.1) is 0 Å². The van der Waals surface area contributed by atoms with Gasteiger partial charge in [-0.3, -0.25) is 0 Å². The highest BCUT2D eigenvalue weighted by Gasteiger charge is 2.42. The van der Waals surface area contributed by atoms with Crippen molar-refractivity contribution < 1.29 is 0 Å². The van der Waals surface area contributed by atoms with Crippen molar-refractivity contribution in [1.82, 2.24) is 0 Å². The number of allylic oxidation sites excluding steroid dienone is 2. The topological polar surface area (TPSA) is 23.8 Å². The Kier molecular flexibility index (Phi) is 3.31. The molecule has 0 spiro atoms. The summed E-state index contributed by atoms with van der Waals surface area (Å²) in [5, 5.41) is 9.91. The average molecular weight is 285 g/mol. The van der Waals surface area contributed by atoms with Crippen LogP contribution >= 0.6 is 0 Å². The Balaban J connectivity index is 1.90. The molecule has 0 amide bonds. The van der Waals surface area contributed by atoms with Crippen molar-refractivity contribution in [2.45, 2.75) is 25.2 Å². The van der Waals surface area contributed by atoms with Gasteiger partial charge in [0.15, 0.2) is 0 Å². The number of benzene rings is 2. The van der Waals surface area contributed by atoms with Gasteiger partial charge in [0.25, 0.3) is 0 Å². The Morgan fingerprint density at radius 1 is 0.864 bits per heavy atom. The molecule has 4 rings (SSSR count). The van der Waals surface area contributed by atoms with E-state index in [1.54, 1.807) is 0 Å². The van der Waals surface area contributed by atoms with Gasteiger partial charge in [0, 0.05) is 11.5 Å². The summed E-state index contributed by atoms with van der Waals surface area (Å²) in [7, 11) is 0. The zero-order valence-electron chi connectivity index (χ0n) is 12.6. The maximum Gasteiger partial charge on any atom is 0.0956 e. The van der Waals surface area contributed by atoms with Gasteiger partial charge in [0.2, 0.25) is 0 Å². The molecule has 0 saturated heterocycles. The van der Waals surface area contributed by atoms with Gasteiger partial charge in [-0.1, -0.05) is 60.7 Å². The van der Waals surface area contributed by atoms with E-state index in [0.29, 0.717) is 11.8 Å². The molecule has 0 aliphatic heterocycles. The molecule has 3 unspecified atom stereocenters. The van der Waals surface area contributed by atoms with E-state index in [1.165, 1.54) is 36.0 Å². The second kappa shape index (κ2) is 5.46. The lowest BCUT2D eigenvalue weighted by molar-refractivity contribution is 0.458. The van der Waals surface area contributed by atoms with Crippen LogP contribution in [-0.2, 0) is 0 Å². The van der Waals surface area contributed by atoms with Gasteiger partial charge in [0.1, 0.15) is 0 Å². The quantitative estimate of drug-likeness (QED) is 0.746. The Morgan fingerprint density at radius 3 is 2.23 bits per heavy atom. The molecule has 2 aliphatic carbocycles. The molecule has 2 aromatic rings. The van der Waals surface area contributed by atoms with Gasteiger partial charge in [-0.05, 0) is 47.8 Å². The monoisotopic (exact) mass is 285 g/mol. The number of fused-ring (bicyclic) bond motifs is 2. The number of hydrogen-bond acceptors (Lipinski definition) is 1.